The fraction of sp³-hybridized carbons (Fsp3) is 0.0286. The molecule has 0 radical (unpaired) electrons. The quantitative estimate of drug-likeness (QED) is 0.187. The topological polar surface area (TPSA) is 35.5 Å². The maximum absolute atomic E-state index is 14.6. The summed E-state index contributed by atoms with van der Waals surface area (Å²) < 4.78 is 11.0. The highest BCUT2D eigenvalue weighted by atomic mass is 31.2. The molecule has 39 heavy (non-hydrogen) atoms. The van der Waals surface area contributed by atoms with Crippen LogP contribution in [0.2, 0.25) is 0 Å². The molecule has 6 rings (SSSR count). The largest absolute Gasteiger partial charge is 0.454 e. The third-order valence-electron chi connectivity index (χ3n) is 6.87. The second-order valence-corrected chi connectivity index (χ2v) is 12.5. The molecule has 4 heteroatoms. The molecule has 0 aliphatic carbocycles. The SMILES string of the molecule is O=C(/C=C/c1ccc2c(c1)OCO2)C(c1ccccc1)=P(c1ccccc1)(c1ccccc1)c1ccccc1. The number of hydrogen-bond acceptors (Lipinski definition) is 3. The van der Waals surface area contributed by atoms with Gasteiger partial charge in [0.25, 0.3) is 0 Å². The molecule has 0 unspecified atom stereocenters. The lowest BCUT2D eigenvalue weighted by Gasteiger charge is -2.32. The van der Waals surface area contributed by atoms with Crippen LogP contribution in [0.3, 0.4) is 0 Å². The van der Waals surface area contributed by atoms with Crippen LogP contribution in [0.15, 0.2) is 146 Å². The van der Waals surface area contributed by atoms with E-state index in [1.807, 2.05) is 72.8 Å². The zero-order chi connectivity index (χ0) is 26.5. The summed E-state index contributed by atoms with van der Waals surface area (Å²) in [5, 5.41) is 4.19. The maximum atomic E-state index is 14.6. The summed E-state index contributed by atoms with van der Waals surface area (Å²) in [5.41, 5.74) is 1.80. The van der Waals surface area contributed by atoms with Gasteiger partial charge in [0.05, 0.1) is 0 Å². The molecule has 5 aromatic carbocycles. The van der Waals surface area contributed by atoms with Crippen molar-refractivity contribution in [2.24, 2.45) is 0 Å². The van der Waals surface area contributed by atoms with Gasteiger partial charge in [0.15, 0.2) is 17.3 Å². The van der Waals surface area contributed by atoms with Gasteiger partial charge in [0, 0.05) is 5.29 Å². The highest BCUT2D eigenvalue weighted by Crippen LogP contribution is 2.48. The summed E-state index contributed by atoms with van der Waals surface area (Å²) in [7, 11) is 0. The van der Waals surface area contributed by atoms with Crippen LogP contribution in [0.1, 0.15) is 11.1 Å². The van der Waals surface area contributed by atoms with Crippen LogP contribution in [0.4, 0.5) is 0 Å². The molecule has 1 heterocycles. The van der Waals surface area contributed by atoms with Crippen molar-refractivity contribution < 1.29 is 14.3 Å². The van der Waals surface area contributed by atoms with Gasteiger partial charge < -0.3 is 9.47 Å². The van der Waals surface area contributed by atoms with Crippen molar-refractivity contribution in [3.63, 3.8) is 0 Å². The first-order valence-electron chi connectivity index (χ1n) is 12.9. The number of ketones is 1. The molecule has 0 amide bonds. The van der Waals surface area contributed by atoms with Gasteiger partial charge in [-0.3, -0.25) is 4.79 Å². The minimum Gasteiger partial charge on any atom is -0.454 e. The first-order valence-corrected chi connectivity index (χ1v) is 14.7. The van der Waals surface area contributed by atoms with Gasteiger partial charge in [-0.2, -0.15) is 0 Å². The molecule has 1 aliphatic rings. The van der Waals surface area contributed by atoms with Gasteiger partial charge >= 0.3 is 0 Å². The van der Waals surface area contributed by atoms with E-state index < -0.39 is 6.89 Å². The number of rotatable bonds is 7. The maximum Gasteiger partial charge on any atom is 0.231 e. The van der Waals surface area contributed by atoms with Gasteiger partial charge in [0.2, 0.25) is 6.79 Å². The summed E-state index contributed by atoms with van der Waals surface area (Å²) in [6.45, 7) is -2.39. The number of carbonyl (C=O) groups excluding carboxylic acids is 1. The fourth-order valence-electron chi connectivity index (χ4n) is 5.15. The molecule has 0 saturated heterocycles. The van der Waals surface area contributed by atoms with E-state index in [9.17, 15) is 4.79 Å². The molecule has 0 saturated carbocycles. The van der Waals surface area contributed by atoms with Crippen molar-refractivity contribution in [1.82, 2.24) is 0 Å². The van der Waals surface area contributed by atoms with Gasteiger partial charge in [0.1, 0.15) is 0 Å². The average Bonchev–Trinajstić information content (AvgIpc) is 3.48. The molecule has 190 valence electrons. The number of benzene rings is 5. The van der Waals surface area contributed by atoms with Crippen molar-refractivity contribution in [2.45, 2.75) is 0 Å². The number of ether oxygens (including phenoxy) is 2. The van der Waals surface area contributed by atoms with Crippen LogP contribution in [-0.4, -0.2) is 17.9 Å². The number of carbonyl (C=O) groups is 1. The number of fused-ring (bicyclic) bond motifs is 1. The van der Waals surface area contributed by atoms with Crippen LogP contribution in [0.5, 0.6) is 11.5 Å². The lowest BCUT2D eigenvalue weighted by atomic mass is 10.1. The van der Waals surface area contributed by atoms with Crippen molar-refractivity contribution in [1.29, 1.82) is 0 Å². The number of hydrogen-bond donors (Lipinski definition) is 0. The minimum atomic E-state index is -2.60. The fourth-order valence-corrected chi connectivity index (χ4v) is 9.62. The third-order valence-corrected chi connectivity index (χ3v) is 11.2. The Hall–Kier alpha value is -4.59. The Labute approximate surface area is 229 Å². The molecule has 0 bridgehead atoms. The Bertz CT molecular complexity index is 1570. The van der Waals surface area contributed by atoms with Crippen molar-refractivity contribution in [3.05, 3.63) is 157 Å². The van der Waals surface area contributed by atoms with E-state index >= 15 is 0 Å². The first-order chi connectivity index (χ1) is 19.3. The van der Waals surface area contributed by atoms with Crippen LogP contribution in [0, 0.1) is 0 Å². The summed E-state index contributed by atoms with van der Waals surface area (Å²) >= 11 is 0. The smallest absolute Gasteiger partial charge is 0.231 e. The monoisotopic (exact) mass is 526 g/mol. The zero-order valence-corrected chi connectivity index (χ0v) is 22.2. The first kappa shape index (κ1) is 24.7. The Balaban J connectivity index is 1.68. The van der Waals surface area contributed by atoms with E-state index in [0.717, 1.165) is 38.1 Å². The summed E-state index contributed by atoms with van der Waals surface area (Å²) in [5.74, 6) is 1.39. The summed E-state index contributed by atoms with van der Waals surface area (Å²) in [6, 6.07) is 47.2. The minimum absolute atomic E-state index is 0.0243. The predicted octanol–water partition coefficient (Wildman–Crippen LogP) is 6.21. The number of allylic oxidation sites excluding steroid dienone is 1. The van der Waals surface area contributed by atoms with Crippen LogP contribution in [0.25, 0.3) is 6.08 Å². The second-order valence-electron chi connectivity index (χ2n) is 9.20. The molecule has 3 nitrogen and oxygen atoms in total. The van der Waals surface area contributed by atoms with E-state index in [4.69, 9.17) is 9.47 Å². The predicted molar refractivity (Wildman–Crippen MR) is 162 cm³/mol. The summed E-state index contributed by atoms with van der Waals surface area (Å²) in [6.07, 6.45) is 3.56. The molecule has 0 N–H and O–H groups in total. The molecule has 1 aliphatic heterocycles. The molecule has 0 spiro atoms. The highest BCUT2D eigenvalue weighted by molar-refractivity contribution is 7.96. The Kier molecular flexibility index (Phi) is 6.99. The third kappa shape index (κ3) is 4.74. The van der Waals surface area contributed by atoms with Crippen LogP contribution < -0.4 is 25.4 Å². The lowest BCUT2D eigenvalue weighted by molar-refractivity contribution is -0.108. The van der Waals surface area contributed by atoms with E-state index in [0.29, 0.717) is 5.75 Å². The second kappa shape index (κ2) is 11.0. The molecule has 0 fully saturated rings. The molecule has 5 aromatic rings. The lowest BCUT2D eigenvalue weighted by Crippen LogP contribution is -2.33. The van der Waals surface area contributed by atoms with Crippen molar-refractivity contribution in [2.75, 3.05) is 6.79 Å². The molecular weight excluding hydrogens is 499 g/mol. The van der Waals surface area contributed by atoms with E-state index in [-0.39, 0.29) is 12.6 Å². The van der Waals surface area contributed by atoms with E-state index in [1.54, 1.807) is 6.08 Å². The molecule has 0 aromatic heterocycles. The Morgan fingerprint density at radius 3 is 1.62 bits per heavy atom. The zero-order valence-electron chi connectivity index (χ0n) is 21.3. The Morgan fingerprint density at radius 1 is 0.590 bits per heavy atom. The average molecular weight is 527 g/mol. The van der Waals surface area contributed by atoms with Gasteiger partial charge in [-0.15, -0.1) is 0 Å². The standard InChI is InChI=1S/C35H27O3P/c36-32(23-21-27-22-24-33-34(25-27)38-26-37-33)35(28-13-5-1-6-14-28)39(29-15-7-2-8-16-29,30-17-9-3-10-18-30)31-19-11-4-12-20-31/h1-25H,26H2/b23-21+. The van der Waals surface area contributed by atoms with E-state index in [2.05, 4.69) is 72.8 Å². The van der Waals surface area contributed by atoms with Crippen molar-refractivity contribution >= 4 is 40.0 Å². The van der Waals surface area contributed by atoms with E-state index in [1.165, 1.54) is 0 Å². The van der Waals surface area contributed by atoms with Crippen LogP contribution >= 0.6 is 6.89 Å². The normalized spacial score (nSPS) is 12.4. The van der Waals surface area contributed by atoms with Gasteiger partial charge in [-0.1, -0.05) is 133 Å². The Morgan fingerprint density at radius 2 is 1.08 bits per heavy atom. The van der Waals surface area contributed by atoms with Crippen LogP contribution in [-0.2, 0) is 4.79 Å². The highest BCUT2D eigenvalue weighted by Gasteiger charge is 2.33. The van der Waals surface area contributed by atoms with Gasteiger partial charge in [-0.25, -0.2) is 0 Å². The van der Waals surface area contributed by atoms with Gasteiger partial charge in [-0.05, 0) is 52.1 Å². The molecule has 0 atom stereocenters. The summed E-state index contributed by atoms with van der Waals surface area (Å²) in [4.78, 5) is 14.6. The van der Waals surface area contributed by atoms with Crippen molar-refractivity contribution in [3.8, 4) is 11.5 Å². The molecular formula is C35H27O3P.